The van der Waals surface area contributed by atoms with Crippen molar-refractivity contribution in [3.8, 4) is 0 Å². The Hall–Kier alpha value is -2.28. The Morgan fingerprint density at radius 3 is 2.24 bits per heavy atom. The third-order valence-corrected chi connectivity index (χ3v) is 4.18. The maximum Gasteiger partial charge on any atom is 0.131 e. The first kappa shape index (κ1) is 13.7. The van der Waals surface area contributed by atoms with E-state index >= 15 is 0 Å². The molecule has 0 spiro atoms. The molecule has 3 rings (SSSR count). The van der Waals surface area contributed by atoms with Gasteiger partial charge >= 0.3 is 0 Å². The molecule has 0 bridgehead atoms. The molecule has 2 aromatic carbocycles. The van der Waals surface area contributed by atoms with Crippen LogP contribution in [0, 0.1) is 13.8 Å². The smallest absolute Gasteiger partial charge is 0.131 e. The average Bonchev–Trinajstić information content (AvgIpc) is 2.48. The molecule has 1 aliphatic heterocycles. The number of hydrogen-bond donors (Lipinski definition) is 0. The molecule has 1 nitrogen and oxygen atoms in total. The van der Waals surface area contributed by atoms with Gasteiger partial charge in [0.25, 0.3) is 0 Å². The van der Waals surface area contributed by atoms with E-state index < -0.39 is 0 Å². The lowest BCUT2D eigenvalue weighted by Gasteiger charge is -2.29. The van der Waals surface area contributed by atoms with Gasteiger partial charge in [0.05, 0.1) is 6.26 Å². The van der Waals surface area contributed by atoms with Crippen molar-refractivity contribution in [2.45, 2.75) is 26.2 Å². The second-order valence-electron chi connectivity index (χ2n) is 5.84. The molecule has 106 valence electrons. The van der Waals surface area contributed by atoms with Crippen LogP contribution in [0.5, 0.6) is 0 Å². The van der Waals surface area contributed by atoms with E-state index in [-0.39, 0.29) is 5.41 Å². The maximum absolute atomic E-state index is 5.78. The highest BCUT2D eigenvalue weighted by Crippen LogP contribution is 2.36. The van der Waals surface area contributed by atoms with Crippen molar-refractivity contribution >= 4 is 5.76 Å². The molecule has 0 N–H and O–H groups in total. The molecule has 0 fully saturated rings. The summed E-state index contributed by atoms with van der Waals surface area (Å²) in [4.78, 5) is 0. The number of hydrogen-bond acceptors (Lipinski definition) is 1. The predicted molar refractivity (Wildman–Crippen MR) is 87.9 cm³/mol. The van der Waals surface area contributed by atoms with Crippen molar-refractivity contribution < 1.29 is 4.74 Å². The van der Waals surface area contributed by atoms with Crippen LogP contribution in [-0.4, -0.2) is 0 Å². The SMILES string of the molecule is Cc1ccccc1C1=CC(C)(c2ccccc2C)C=CO1. The quantitative estimate of drug-likeness (QED) is 0.737. The van der Waals surface area contributed by atoms with Crippen LogP contribution >= 0.6 is 0 Å². The Bertz CT molecular complexity index is 724. The van der Waals surface area contributed by atoms with E-state index in [1.54, 1.807) is 0 Å². The Balaban J connectivity index is 2.09. The molecule has 0 aromatic heterocycles. The highest BCUT2D eigenvalue weighted by molar-refractivity contribution is 5.67. The molecule has 2 aromatic rings. The lowest BCUT2D eigenvalue weighted by atomic mass is 9.78. The van der Waals surface area contributed by atoms with Crippen LogP contribution in [0.25, 0.3) is 5.76 Å². The summed E-state index contributed by atoms with van der Waals surface area (Å²) in [5.74, 6) is 0.932. The van der Waals surface area contributed by atoms with Crippen LogP contribution in [0.1, 0.15) is 29.2 Å². The van der Waals surface area contributed by atoms with Crippen LogP contribution in [0.3, 0.4) is 0 Å². The van der Waals surface area contributed by atoms with Gasteiger partial charge in [-0.25, -0.2) is 0 Å². The van der Waals surface area contributed by atoms with Gasteiger partial charge in [0.2, 0.25) is 0 Å². The Kier molecular flexibility index (Phi) is 3.42. The van der Waals surface area contributed by atoms with Gasteiger partial charge in [0.15, 0.2) is 0 Å². The van der Waals surface area contributed by atoms with Crippen molar-refractivity contribution in [3.63, 3.8) is 0 Å². The average molecular weight is 276 g/mol. The molecule has 21 heavy (non-hydrogen) atoms. The summed E-state index contributed by atoms with van der Waals surface area (Å²) in [5, 5.41) is 0. The Morgan fingerprint density at radius 1 is 0.857 bits per heavy atom. The normalized spacial score (nSPS) is 20.8. The summed E-state index contributed by atoms with van der Waals surface area (Å²) in [5.41, 5.74) is 4.86. The summed E-state index contributed by atoms with van der Waals surface area (Å²) in [6, 6.07) is 16.9. The molecule has 1 heterocycles. The minimum Gasteiger partial charge on any atom is -0.465 e. The first-order valence-electron chi connectivity index (χ1n) is 7.29. The van der Waals surface area contributed by atoms with Gasteiger partial charge in [-0.15, -0.1) is 0 Å². The number of rotatable bonds is 2. The molecule has 0 radical (unpaired) electrons. The van der Waals surface area contributed by atoms with E-state index in [0.29, 0.717) is 0 Å². The fourth-order valence-corrected chi connectivity index (χ4v) is 2.94. The fraction of sp³-hybridized carbons (Fsp3) is 0.200. The molecule has 0 aliphatic carbocycles. The molecule has 1 atom stereocenters. The summed E-state index contributed by atoms with van der Waals surface area (Å²) >= 11 is 0. The van der Waals surface area contributed by atoms with Gasteiger partial charge in [-0.2, -0.15) is 0 Å². The van der Waals surface area contributed by atoms with Gasteiger partial charge in [0.1, 0.15) is 5.76 Å². The van der Waals surface area contributed by atoms with Crippen LogP contribution in [0.4, 0.5) is 0 Å². The standard InChI is InChI=1S/C20H20O/c1-15-8-4-6-10-17(15)19-14-20(3,12-13-21-19)18-11-7-5-9-16(18)2/h4-14H,1-3H3. The first-order chi connectivity index (χ1) is 10.1. The maximum atomic E-state index is 5.78. The zero-order valence-corrected chi connectivity index (χ0v) is 12.8. The number of aryl methyl sites for hydroxylation is 2. The molecular formula is C20H20O. The summed E-state index contributed by atoms with van der Waals surface area (Å²) in [7, 11) is 0. The van der Waals surface area contributed by atoms with Crippen LogP contribution in [0.2, 0.25) is 0 Å². The van der Waals surface area contributed by atoms with Crippen molar-refractivity contribution in [1.82, 2.24) is 0 Å². The minimum atomic E-state index is -0.138. The van der Waals surface area contributed by atoms with Crippen molar-refractivity contribution in [2.75, 3.05) is 0 Å². The van der Waals surface area contributed by atoms with E-state index in [0.717, 1.165) is 11.3 Å². The van der Waals surface area contributed by atoms with Crippen LogP contribution in [-0.2, 0) is 10.2 Å². The fourth-order valence-electron chi connectivity index (χ4n) is 2.94. The number of allylic oxidation sites excluding steroid dienone is 2. The third-order valence-electron chi connectivity index (χ3n) is 4.18. The largest absolute Gasteiger partial charge is 0.465 e. The van der Waals surface area contributed by atoms with Crippen molar-refractivity contribution in [3.05, 3.63) is 89.2 Å². The first-order valence-corrected chi connectivity index (χ1v) is 7.29. The zero-order valence-electron chi connectivity index (χ0n) is 12.8. The predicted octanol–water partition coefficient (Wildman–Crippen LogP) is 5.15. The highest BCUT2D eigenvalue weighted by atomic mass is 16.5. The van der Waals surface area contributed by atoms with E-state index in [1.807, 2.05) is 6.26 Å². The molecule has 0 saturated carbocycles. The number of ether oxygens (including phenoxy) is 1. The summed E-state index contributed by atoms with van der Waals surface area (Å²) < 4.78 is 5.78. The van der Waals surface area contributed by atoms with Gasteiger partial charge in [-0.1, -0.05) is 48.5 Å². The Morgan fingerprint density at radius 2 is 1.52 bits per heavy atom. The van der Waals surface area contributed by atoms with Gasteiger partial charge < -0.3 is 4.74 Å². The lowest BCUT2D eigenvalue weighted by molar-refractivity contribution is 0.412. The van der Waals surface area contributed by atoms with Gasteiger partial charge in [-0.05, 0) is 49.6 Å². The second kappa shape index (κ2) is 5.25. The lowest BCUT2D eigenvalue weighted by Crippen LogP contribution is -2.20. The highest BCUT2D eigenvalue weighted by Gasteiger charge is 2.27. The van der Waals surface area contributed by atoms with Crippen LogP contribution in [0.15, 0.2) is 66.9 Å². The topological polar surface area (TPSA) is 9.23 Å². The second-order valence-corrected chi connectivity index (χ2v) is 5.84. The van der Waals surface area contributed by atoms with Gasteiger partial charge in [0, 0.05) is 11.0 Å². The third kappa shape index (κ3) is 2.52. The molecule has 1 heteroatoms. The minimum absolute atomic E-state index is 0.138. The molecule has 0 saturated heterocycles. The Labute approximate surface area is 126 Å². The molecule has 1 aliphatic rings. The van der Waals surface area contributed by atoms with Crippen LogP contribution < -0.4 is 0 Å². The van der Waals surface area contributed by atoms with E-state index in [4.69, 9.17) is 4.74 Å². The van der Waals surface area contributed by atoms with Crippen molar-refractivity contribution in [1.29, 1.82) is 0 Å². The molecule has 1 unspecified atom stereocenters. The summed E-state index contributed by atoms with van der Waals surface area (Å²) in [6.45, 7) is 6.50. The van der Waals surface area contributed by atoms with E-state index in [1.165, 1.54) is 16.7 Å². The monoisotopic (exact) mass is 276 g/mol. The zero-order chi connectivity index (χ0) is 14.9. The molecular weight excluding hydrogens is 256 g/mol. The molecule has 0 amide bonds. The summed E-state index contributed by atoms with van der Waals surface area (Å²) in [6.07, 6.45) is 6.16. The number of benzene rings is 2. The van der Waals surface area contributed by atoms with E-state index in [9.17, 15) is 0 Å². The van der Waals surface area contributed by atoms with E-state index in [2.05, 4.69) is 81.5 Å². The van der Waals surface area contributed by atoms with Crippen molar-refractivity contribution in [2.24, 2.45) is 0 Å². The van der Waals surface area contributed by atoms with Gasteiger partial charge in [-0.3, -0.25) is 0 Å².